The molecule has 0 aromatic heterocycles. The molecule has 0 fully saturated rings. The number of carbonyl (C=O) groups excluding carboxylic acids is 4. The van der Waals surface area contributed by atoms with Crippen molar-refractivity contribution in [3.63, 3.8) is 0 Å². The van der Waals surface area contributed by atoms with E-state index in [1.165, 1.54) is 6.07 Å². The molecule has 8 heteroatoms. The number of rotatable bonds is 9. The molecular weight excluding hydrogens is 398 g/mol. The van der Waals surface area contributed by atoms with Crippen LogP contribution in [-0.2, 0) is 20.7 Å². The zero-order chi connectivity index (χ0) is 22.6. The topological polar surface area (TPSA) is 114 Å². The molecule has 0 radical (unpaired) electrons. The highest BCUT2D eigenvalue weighted by atomic mass is 16.5. The average Bonchev–Trinajstić information content (AvgIpc) is 2.72. The first kappa shape index (κ1) is 23.6. The van der Waals surface area contributed by atoms with Gasteiger partial charge in [0.15, 0.2) is 6.61 Å². The number of urea groups is 1. The van der Waals surface area contributed by atoms with Crippen LogP contribution >= 0.6 is 0 Å². The predicted octanol–water partition coefficient (Wildman–Crippen LogP) is 2.90. The molecule has 3 N–H and O–H groups in total. The molecule has 0 heterocycles. The van der Waals surface area contributed by atoms with E-state index in [0.717, 1.165) is 12.0 Å². The molecular formula is C23H27N3O5. The first-order valence-corrected chi connectivity index (χ1v) is 10.0. The third-order valence-corrected chi connectivity index (χ3v) is 4.22. The van der Waals surface area contributed by atoms with E-state index in [2.05, 4.69) is 16.0 Å². The van der Waals surface area contributed by atoms with Crippen molar-refractivity contribution in [2.45, 2.75) is 26.7 Å². The molecule has 2 aromatic carbocycles. The van der Waals surface area contributed by atoms with Crippen LogP contribution in [0.25, 0.3) is 0 Å². The second-order valence-electron chi connectivity index (χ2n) is 7.32. The van der Waals surface area contributed by atoms with Crippen molar-refractivity contribution in [2.24, 2.45) is 5.92 Å². The molecule has 0 aliphatic heterocycles. The van der Waals surface area contributed by atoms with Gasteiger partial charge < -0.3 is 15.4 Å². The van der Waals surface area contributed by atoms with E-state index in [4.69, 9.17) is 4.74 Å². The fourth-order valence-electron chi connectivity index (χ4n) is 2.64. The van der Waals surface area contributed by atoms with Gasteiger partial charge in [-0.05, 0) is 30.0 Å². The highest BCUT2D eigenvalue weighted by molar-refractivity contribution is 6.02. The Morgan fingerprint density at radius 3 is 2.29 bits per heavy atom. The summed E-state index contributed by atoms with van der Waals surface area (Å²) >= 11 is 0. The van der Waals surface area contributed by atoms with Crippen molar-refractivity contribution in [3.05, 3.63) is 65.7 Å². The molecule has 0 saturated carbocycles. The molecule has 2 rings (SSSR count). The molecule has 164 valence electrons. The van der Waals surface area contributed by atoms with Crippen molar-refractivity contribution < 1.29 is 23.9 Å². The number of hydrogen-bond acceptors (Lipinski definition) is 5. The van der Waals surface area contributed by atoms with Gasteiger partial charge in [0.2, 0.25) is 5.91 Å². The number of imide groups is 1. The summed E-state index contributed by atoms with van der Waals surface area (Å²) in [6.45, 7) is 3.85. The van der Waals surface area contributed by atoms with E-state index in [1.807, 2.05) is 44.2 Å². The predicted molar refractivity (Wildman–Crippen MR) is 116 cm³/mol. The van der Waals surface area contributed by atoms with Gasteiger partial charge in [0.1, 0.15) is 0 Å². The molecule has 0 spiro atoms. The van der Waals surface area contributed by atoms with E-state index in [9.17, 15) is 19.2 Å². The molecule has 0 atom stereocenters. The Bertz CT molecular complexity index is 912. The summed E-state index contributed by atoms with van der Waals surface area (Å²) in [5.74, 6) is -1.40. The fourth-order valence-corrected chi connectivity index (χ4v) is 2.64. The Kier molecular flexibility index (Phi) is 9.22. The van der Waals surface area contributed by atoms with Crippen LogP contribution in [0.1, 0.15) is 36.2 Å². The lowest BCUT2D eigenvalue weighted by Crippen LogP contribution is -2.42. The molecule has 0 aliphatic rings. The Labute approximate surface area is 181 Å². The third kappa shape index (κ3) is 8.69. The van der Waals surface area contributed by atoms with Crippen LogP contribution in [0.15, 0.2) is 54.6 Å². The summed E-state index contributed by atoms with van der Waals surface area (Å²) in [6.07, 6.45) is 0.932. The molecule has 0 unspecified atom stereocenters. The highest BCUT2D eigenvalue weighted by Gasteiger charge is 2.17. The number of amides is 4. The minimum Gasteiger partial charge on any atom is -0.452 e. The number of anilines is 1. The van der Waals surface area contributed by atoms with Crippen LogP contribution in [0, 0.1) is 5.92 Å². The van der Waals surface area contributed by atoms with Gasteiger partial charge in [-0.3, -0.25) is 14.9 Å². The smallest absolute Gasteiger partial charge is 0.340 e. The van der Waals surface area contributed by atoms with E-state index < -0.39 is 24.5 Å². The summed E-state index contributed by atoms with van der Waals surface area (Å²) < 4.78 is 4.99. The first-order chi connectivity index (χ1) is 14.8. The highest BCUT2D eigenvalue weighted by Crippen LogP contribution is 2.17. The maximum absolute atomic E-state index is 12.4. The summed E-state index contributed by atoms with van der Waals surface area (Å²) in [5.41, 5.74) is 1.22. The minimum atomic E-state index is -0.786. The SMILES string of the molecule is CC(C)CCNC(=O)NC(=O)COC(=O)c1ccccc1NC(=O)Cc1ccccc1. The maximum atomic E-state index is 12.4. The van der Waals surface area contributed by atoms with E-state index in [0.29, 0.717) is 12.5 Å². The van der Waals surface area contributed by atoms with E-state index in [-0.39, 0.29) is 23.6 Å². The van der Waals surface area contributed by atoms with E-state index >= 15 is 0 Å². The Balaban J connectivity index is 1.86. The zero-order valence-electron chi connectivity index (χ0n) is 17.6. The number of ether oxygens (including phenoxy) is 1. The minimum absolute atomic E-state index is 0.109. The molecule has 0 bridgehead atoms. The van der Waals surface area contributed by atoms with Gasteiger partial charge in [-0.25, -0.2) is 9.59 Å². The van der Waals surface area contributed by atoms with Crippen molar-refractivity contribution in [3.8, 4) is 0 Å². The van der Waals surface area contributed by atoms with Crippen LogP contribution < -0.4 is 16.0 Å². The number of benzene rings is 2. The number of esters is 1. The van der Waals surface area contributed by atoms with Crippen molar-refractivity contribution in [2.75, 3.05) is 18.5 Å². The molecule has 0 saturated heterocycles. The van der Waals surface area contributed by atoms with Crippen molar-refractivity contribution in [1.82, 2.24) is 10.6 Å². The molecule has 2 aromatic rings. The molecule has 0 aliphatic carbocycles. The maximum Gasteiger partial charge on any atom is 0.340 e. The number of carbonyl (C=O) groups is 4. The van der Waals surface area contributed by atoms with Crippen LogP contribution in [-0.4, -0.2) is 37.0 Å². The van der Waals surface area contributed by atoms with Crippen LogP contribution in [0.3, 0.4) is 0 Å². The zero-order valence-corrected chi connectivity index (χ0v) is 17.6. The number of hydrogen-bond donors (Lipinski definition) is 3. The summed E-state index contributed by atoms with van der Waals surface area (Å²) in [4.78, 5) is 48.2. The lowest BCUT2D eigenvalue weighted by atomic mass is 10.1. The van der Waals surface area contributed by atoms with Crippen LogP contribution in [0.4, 0.5) is 10.5 Å². The average molecular weight is 425 g/mol. The van der Waals surface area contributed by atoms with Crippen LogP contribution in [0.2, 0.25) is 0 Å². The first-order valence-electron chi connectivity index (χ1n) is 10.0. The van der Waals surface area contributed by atoms with Gasteiger partial charge in [-0.1, -0.05) is 56.3 Å². The summed E-state index contributed by atoms with van der Waals surface area (Å²) in [6, 6.07) is 14.9. The summed E-state index contributed by atoms with van der Waals surface area (Å²) in [7, 11) is 0. The second-order valence-corrected chi connectivity index (χ2v) is 7.32. The summed E-state index contributed by atoms with van der Waals surface area (Å²) in [5, 5.41) is 7.34. The lowest BCUT2D eigenvalue weighted by molar-refractivity contribution is -0.123. The fraction of sp³-hybridized carbons (Fsp3) is 0.304. The quantitative estimate of drug-likeness (QED) is 0.535. The third-order valence-electron chi connectivity index (χ3n) is 4.22. The van der Waals surface area contributed by atoms with Gasteiger partial charge in [-0.15, -0.1) is 0 Å². The molecule has 8 nitrogen and oxygen atoms in total. The number of nitrogens with one attached hydrogen (secondary N) is 3. The van der Waals surface area contributed by atoms with Crippen molar-refractivity contribution >= 4 is 29.5 Å². The van der Waals surface area contributed by atoms with Crippen molar-refractivity contribution in [1.29, 1.82) is 0 Å². The Morgan fingerprint density at radius 2 is 1.58 bits per heavy atom. The standard InChI is InChI=1S/C23H27N3O5/c1-16(2)12-13-24-23(30)26-21(28)15-31-22(29)18-10-6-7-11-19(18)25-20(27)14-17-8-4-3-5-9-17/h3-11,16H,12-15H2,1-2H3,(H,25,27)(H2,24,26,28,30). The van der Waals surface area contributed by atoms with Gasteiger partial charge in [0.05, 0.1) is 17.7 Å². The normalized spacial score (nSPS) is 10.3. The number of para-hydroxylation sites is 1. The largest absolute Gasteiger partial charge is 0.452 e. The molecule has 4 amide bonds. The van der Waals surface area contributed by atoms with Gasteiger partial charge in [-0.2, -0.15) is 0 Å². The Hall–Kier alpha value is -3.68. The van der Waals surface area contributed by atoms with Gasteiger partial charge >= 0.3 is 12.0 Å². The van der Waals surface area contributed by atoms with Gasteiger partial charge in [0.25, 0.3) is 5.91 Å². The van der Waals surface area contributed by atoms with E-state index in [1.54, 1.807) is 18.2 Å². The monoisotopic (exact) mass is 425 g/mol. The second kappa shape index (κ2) is 12.1. The van der Waals surface area contributed by atoms with Gasteiger partial charge in [0, 0.05) is 6.54 Å². The molecule has 31 heavy (non-hydrogen) atoms. The lowest BCUT2D eigenvalue weighted by Gasteiger charge is -2.11. The van der Waals surface area contributed by atoms with Crippen LogP contribution in [0.5, 0.6) is 0 Å². The Morgan fingerprint density at radius 1 is 0.903 bits per heavy atom.